The quantitative estimate of drug-likeness (QED) is 0.284. The van der Waals surface area contributed by atoms with Crippen molar-refractivity contribution in [3.63, 3.8) is 0 Å². The monoisotopic (exact) mass is 499 g/mol. The first-order valence-corrected chi connectivity index (χ1v) is 10.8. The molecule has 9 heteroatoms. The van der Waals surface area contributed by atoms with Gasteiger partial charge in [-0.25, -0.2) is 8.78 Å². The summed E-state index contributed by atoms with van der Waals surface area (Å²) in [5, 5.41) is 11.5. The Morgan fingerprint density at radius 3 is 2.09 bits per heavy atom. The molecule has 1 unspecified atom stereocenters. The number of hydrogen-bond acceptors (Lipinski definition) is 5. The van der Waals surface area contributed by atoms with Crippen molar-refractivity contribution in [2.75, 3.05) is 14.2 Å². The van der Waals surface area contributed by atoms with Gasteiger partial charge in [-0.05, 0) is 41.5 Å². The maximum atomic E-state index is 13.7. The fourth-order valence-corrected chi connectivity index (χ4v) is 4.24. The summed E-state index contributed by atoms with van der Waals surface area (Å²) in [6.07, 6.45) is 0. The van der Waals surface area contributed by atoms with Gasteiger partial charge in [-0.3, -0.25) is 9.59 Å². The number of rotatable bonds is 6. The van der Waals surface area contributed by atoms with Crippen molar-refractivity contribution in [2.45, 2.75) is 12.6 Å². The van der Waals surface area contributed by atoms with Crippen molar-refractivity contribution in [3.8, 4) is 11.5 Å². The number of amides is 1. The number of Topliss-reactive ketones (excluding diaryl/α,β-unsaturated/α-hetero) is 1. The van der Waals surface area contributed by atoms with E-state index < -0.39 is 35.1 Å². The second-order valence-electron chi connectivity index (χ2n) is 7.79. The first kappa shape index (κ1) is 24.2. The van der Waals surface area contributed by atoms with E-state index in [1.807, 2.05) is 0 Å². The summed E-state index contributed by atoms with van der Waals surface area (Å²) in [5.41, 5.74) is 0.826. The van der Waals surface area contributed by atoms with E-state index in [1.165, 1.54) is 79.8 Å². The van der Waals surface area contributed by atoms with Gasteiger partial charge < -0.3 is 19.5 Å². The number of carbonyl (C=O) groups excluding carboxylic acids is 2. The van der Waals surface area contributed by atoms with Crippen LogP contribution in [0.3, 0.4) is 0 Å². The average molecular weight is 500 g/mol. The molecule has 1 aliphatic heterocycles. The highest BCUT2D eigenvalue weighted by molar-refractivity contribution is 6.46. The Morgan fingerprint density at radius 1 is 0.943 bits per heavy atom. The summed E-state index contributed by atoms with van der Waals surface area (Å²) in [6.45, 7) is -0.0508. The van der Waals surface area contributed by atoms with Crippen LogP contribution >= 0.6 is 11.6 Å². The lowest BCUT2D eigenvalue weighted by Crippen LogP contribution is -2.29. The topological polar surface area (TPSA) is 76.1 Å². The van der Waals surface area contributed by atoms with Crippen molar-refractivity contribution in [1.29, 1.82) is 0 Å². The highest BCUT2D eigenvalue weighted by atomic mass is 35.5. The van der Waals surface area contributed by atoms with Crippen molar-refractivity contribution in [2.24, 2.45) is 0 Å². The number of likely N-dealkylation sites (tertiary alicyclic amines) is 1. The summed E-state index contributed by atoms with van der Waals surface area (Å²) in [7, 11) is 2.75. The minimum Gasteiger partial charge on any atom is -0.507 e. The van der Waals surface area contributed by atoms with Crippen LogP contribution in [0.1, 0.15) is 22.7 Å². The van der Waals surface area contributed by atoms with Gasteiger partial charge >= 0.3 is 0 Å². The number of carbonyl (C=O) groups is 2. The SMILES string of the molecule is COc1cc(/C(O)=C2\C(=O)C(=O)N(Cc3ccc(F)cc3)C2c2ccc(F)cc2)c(OC)cc1Cl. The Morgan fingerprint density at radius 2 is 1.51 bits per heavy atom. The highest BCUT2D eigenvalue weighted by Gasteiger charge is 2.46. The average Bonchev–Trinajstić information content (AvgIpc) is 3.10. The number of halogens is 3. The Balaban J connectivity index is 1.91. The zero-order chi connectivity index (χ0) is 25.3. The zero-order valence-corrected chi connectivity index (χ0v) is 19.5. The van der Waals surface area contributed by atoms with Crippen molar-refractivity contribution in [3.05, 3.63) is 99.6 Å². The molecule has 0 aromatic heterocycles. The predicted molar refractivity (Wildman–Crippen MR) is 125 cm³/mol. The van der Waals surface area contributed by atoms with Gasteiger partial charge in [0.25, 0.3) is 11.7 Å². The molecule has 35 heavy (non-hydrogen) atoms. The van der Waals surface area contributed by atoms with Gasteiger partial charge in [-0.2, -0.15) is 0 Å². The van der Waals surface area contributed by atoms with Crippen LogP contribution < -0.4 is 9.47 Å². The van der Waals surface area contributed by atoms with Gasteiger partial charge in [0.2, 0.25) is 0 Å². The van der Waals surface area contributed by atoms with Crippen LogP contribution in [0, 0.1) is 11.6 Å². The molecular formula is C26H20ClF2NO5. The third-order valence-electron chi connectivity index (χ3n) is 5.72. The van der Waals surface area contributed by atoms with Crippen LogP contribution in [0.15, 0.2) is 66.2 Å². The molecule has 1 fully saturated rings. The summed E-state index contributed by atoms with van der Waals surface area (Å²) < 4.78 is 37.6. The van der Waals surface area contributed by atoms with Crippen molar-refractivity contribution < 1.29 is 33.0 Å². The molecule has 3 aromatic carbocycles. The van der Waals surface area contributed by atoms with Crippen molar-refractivity contribution in [1.82, 2.24) is 4.90 Å². The second-order valence-corrected chi connectivity index (χ2v) is 8.20. The maximum absolute atomic E-state index is 13.7. The number of aliphatic hydroxyl groups is 1. The Hall–Kier alpha value is -3.91. The Labute approximate surface area is 205 Å². The second kappa shape index (κ2) is 9.76. The standard InChI is InChI=1S/C26H20ClF2NO5/c1-34-20-12-19(27)21(35-2)11-18(20)24(31)22-23(15-5-9-17(29)10-6-15)30(26(33)25(22)32)13-14-3-7-16(28)8-4-14/h3-12,23,31H,13H2,1-2H3/b24-22+. The van der Waals surface area contributed by atoms with Gasteiger partial charge in [-0.15, -0.1) is 0 Å². The van der Waals surface area contributed by atoms with E-state index in [-0.39, 0.29) is 34.2 Å². The molecular weight excluding hydrogens is 480 g/mol. The number of nitrogens with zero attached hydrogens (tertiary/aromatic N) is 1. The molecule has 180 valence electrons. The number of hydrogen-bond donors (Lipinski definition) is 1. The smallest absolute Gasteiger partial charge is 0.295 e. The van der Waals surface area contributed by atoms with Gasteiger partial charge in [0.1, 0.15) is 28.9 Å². The van der Waals surface area contributed by atoms with Crippen LogP contribution in [0.5, 0.6) is 11.5 Å². The molecule has 0 saturated carbocycles. The Bertz CT molecular complexity index is 1320. The number of ketones is 1. The molecule has 1 N–H and O–H groups in total. The third-order valence-corrected chi connectivity index (χ3v) is 6.02. The largest absolute Gasteiger partial charge is 0.507 e. The van der Waals surface area contributed by atoms with E-state index in [2.05, 4.69) is 0 Å². The van der Waals surface area contributed by atoms with E-state index >= 15 is 0 Å². The van der Waals surface area contributed by atoms with Crippen LogP contribution in [0.2, 0.25) is 5.02 Å². The van der Waals surface area contributed by atoms with Crippen LogP contribution in [0.4, 0.5) is 8.78 Å². The number of methoxy groups -OCH3 is 2. The zero-order valence-electron chi connectivity index (χ0n) is 18.7. The van der Waals surface area contributed by atoms with E-state index in [0.717, 1.165) is 0 Å². The van der Waals surface area contributed by atoms with Crippen LogP contribution in [-0.4, -0.2) is 35.9 Å². The molecule has 1 aliphatic rings. The fraction of sp³-hybridized carbons (Fsp3) is 0.154. The van der Waals surface area contributed by atoms with Gasteiger partial charge in [-0.1, -0.05) is 35.9 Å². The molecule has 1 saturated heterocycles. The van der Waals surface area contributed by atoms with E-state index in [1.54, 1.807) is 0 Å². The molecule has 4 rings (SSSR count). The number of benzene rings is 3. The van der Waals surface area contributed by atoms with Gasteiger partial charge in [0.15, 0.2) is 0 Å². The predicted octanol–water partition coefficient (Wildman–Crippen LogP) is 5.26. The van der Waals surface area contributed by atoms with Gasteiger partial charge in [0, 0.05) is 12.6 Å². The van der Waals surface area contributed by atoms with E-state index in [0.29, 0.717) is 11.1 Å². The lowest BCUT2D eigenvalue weighted by molar-refractivity contribution is -0.140. The molecule has 6 nitrogen and oxygen atoms in total. The fourth-order valence-electron chi connectivity index (χ4n) is 4.01. The summed E-state index contributed by atoms with van der Waals surface area (Å²) in [5.74, 6) is -2.90. The molecule has 0 bridgehead atoms. The molecule has 1 atom stereocenters. The lowest BCUT2D eigenvalue weighted by Gasteiger charge is -2.25. The molecule has 0 radical (unpaired) electrons. The first-order valence-electron chi connectivity index (χ1n) is 10.4. The molecule has 0 spiro atoms. The molecule has 0 aliphatic carbocycles. The summed E-state index contributed by atoms with van der Waals surface area (Å²) in [6, 6.07) is 12.5. The normalized spacial score (nSPS) is 17.1. The Kier molecular flexibility index (Phi) is 6.75. The minimum absolute atomic E-state index is 0.0508. The van der Waals surface area contributed by atoms with Crippen LogP contribution in [-0.2, 0) is 16.1 Å². The van der Waals surface area contributed by atoms with Crippen molar-refractivity contribution >= 4 is 29.1 Å². The lowest BCUT2D eigenvalue weighted by atomic mass is 9.94. The van der Waals surface area contributed by atoms with E-state index in [9.17, 15) is 23.5 Å². The highest BCUT2D eigenvalue weighted by Crippen LogP contribution is 2.43. The molecule has 3 aromatic rings. The van der Waals surface area contributed by atoms with Crippen LogP contribution in [0.25, 0.3) is 5.76 Å². The minimum atomic E-state index is -1.05. The number of aliphatic hydroxyl groups excluding tert-OH is 1. The van der Waals surface area contributed by atoms with E-state index in [4.69, 9.17) is 21.1 Å². The maximum Gasteiger partial charge on any atom is 0.295 e. The summed E-state index contributed by atoms with van der Waals surface area (Å²) >= 11 is 6.17. The number of ether oxygens (including phenoxy) is 2. The first-order chi connectivity index (χ1) is 16.7. The third kappa shape index (κ3) is 4.57. The molecule has 1 heterocycles. The van der Waals surface area contributed by atoms with Gasteiger partial charge in [0.05, 0.1) is 36.4 Å². The molecule has 1 amide bonds. The summed E-state index contributed by atoms with van der Waals surface area (Å²) in [4.78, 5) is 27.6.